The minimum Gasteiger partial charge on any atom is -0.394 e. The number of nitrogen functional groups attached to an aromatic ring is 1. The Morgan fingerprint density at radius 2 is 1.92 bits per heavy atom. The van der Waals surface area contributed by atoms with Gasteiger partial charge in [0.2, 0.25) is 0 Å². The highest BCUT2D eigenvalue weighted by Crippen LogP contribution is 2.40. The van der Waals surface area contributed by atoms with Crippen LogP contribution in [0.15, 0.2) is 6.20 Å². The number of anilines is 2. The normalized spacial score (nSPS) is 25.4. The first-order chi connectivity index (χ1) is 11.3. The highest BCUT2D eigenvalue weighted by atomic mass is 19.4. The van der Waals surface area contributed by atoms with Crippen LogP contribution in [0.2, 0.25) is 0 Å². The topological polar surface area (TPSA) is 76.2 Å². The molecule has 0 bridgehead atoms. The predicted molar refractivity (Wildman–Crippen MR) is 79.2 cm³/mol. The molecule has 1 aliphatic carbocycles. The number of carbonyl (C=O) groups excluding carboxylic acids is 1. The van der Waals surface area contributed by atoms with Gasteiger partial charge in [-0.2, -0.15) is 18.3 Å². The summed E-state index contributed by atoms with van der Waals surface area (Å²) < 4.78 is 53.1. The number of carbonyl (C=O) groups is 1. The van der Waals surface area contributed by atoms with Crippen LogP contribution in [-0.4, -0.2) is 47.2 Å². The summed E-state index contributed by atoms with van der Waals surface area (Å²) in [6, 6.07) is -0.884. The molecule has 6 nitrogen and oxygen atoms in total. The minimum atomic E-state index is -5.01. The lowest BCUT2D eigenvalue weighted by molar-refractivity contribution is -0.174. The number of nitrogens with zero attached hydrogens (tertiary/aromatic N) is 3. The molecule has 2 heterocycles. The Hall–Kier alpha value is -2.00. The molecular weight excluding hydrogens is 330 g/mol. The van der Waals surface area contributed by atoms with Crippen molar-refractivity contribution in [2.24, 2.45) is 0 Å². The second kappa shape index (κ2) is 6.14. The van der Waals surface area contributed by atoms with E-state index in [0.29, 0.717) is 24.6 Å². The summed E-state index contributed by atoms with van der Waals surface area (Å²) in [5.41, 5.74) is 6.43. The molecule has 1 saturated carbocycles. The van der Waals surface area contributed by atoms with Gasteiger partial charge in [-0.1, -0.05) is 0 Å². The van der Waals surface area contributed by atoms with E-state index in [2.05, 4.69) is 5.10 Å². The van der Waals surface area contributed by atoms with Crippen LogP contribution in [0.1, 0.15) is 31.7 Å². The molecule has 3 rings (SSSR count). The van der Waals surface area contributed by atoms with Crippen LogP contribution in [0.5, 0.6) is 0 Å². The van der Waals surface area contributed by atoms with E-state index in [1.807, 2.05) is 4.90 Å². The number of nitrogens with two attached hydrogens (primary N) is 1. The molecule has 0 spiro atoms. The Kier molecular flexibility index (Phi) is 4.31. The fourth-order valence-electron chi connectivity index (χ4n) is 2.98. The molecule has 24 heavy (non-hydrogen) atoms. The van der Waals surface area contributed by atoms with Crippen LogP contribution in [-0.2, 0) is 4.79 Å². The zero-order valence-corrected chi connectivity index (χ0v) is 12.9. The Bertz CT molecular complexity index is 613. The maximum Gasteiger partial charge on any atom is 0.471 e. The molecule has 2 aliphatic rings. The minimum absolute atomic E-state index is 0.0120. The second-order valence-electron chi connectivity index (χ2n) is 6.26. The summed E-state index contributed by atoms with van der Waals surface area (Å²) in [4.78, 5) is 12.9. The first-order valence-electron chi connectivity index (χ1n) is 7.87. The Morgan fingerprint density at radius 1 is 1.25 bits per heavy atom. The van der Waals surface area contributed by atoms with Crippen molar-refractivity contribution in [3.63, 3.8) is 0 Å². The van der Waals surface area contributed by atoms with Crippen molar-refractivity contribution in [2.45, 2.75) is 50.1 Å². The third-order valence-corrected chi connectivity index (χ3v) is 4.38. The van der Waals surface area contributed by atoms with Gasteiger partial charge < -0.3 is 16.0 Å². The van der Waals surface area contributed by atoms with Crippen LogP contribution in [0.25, 0.3) is 0 Å². The van der Waals surface area contributed by atoms with Gasteiger partial charge in [0.1, 0.15) is 6.17 Å². The highest BCUT2D eigenvalue weighted by molar-refractivity contribution is 5.82. The number of nitrogens with one attached hydrogen (secondary N) is 1. The molecule has 0 radical (unpaired) electrons. The van der Waals surface area contributed by atoms with Crippen molar-refractivity contribution in [3.05, 3.63) is 6.20 Å². The molecule has 0 aromatic carbocycles. The Balaban J connectivity index is 1.70. The van der Waals surface area contributed by atoms with Crippen molar-refractivity contribution in [2.75, 3.05) is 23.7 Å². The van der Waals surface area contributed by atoms with Crippen LogP contribution >= 0.6 is 0 Å². The van der Waals surface area contributed by atoms with E-state index in [-0.39, 0.29) is 18.9 Å². The second-order valence-corrected chi connectivity index (χ2v) is 6.26. The zero-order chi connectivity index (χ0) is 17.5. The molecule has 10 heteroatoms. The van der Waals surface area contributed by atoms with Crippen LogP contribution in [0.4, 0.5) is 29.1 Å². The van der Waals surface area contributed by atoms with E-state index in [1.165, 1.54) is 6.20 Å². The fourth-order valence-corrected chi connectivity index (χ4v) is 2.98. The lowest BCUT2D eigenvalue weighted by Crippen LogP contribution is -2.47. The van der Waals surface area contributed by atoms with Crippen molar-refractivity contribution in [3.8, 4) is 0 Å². The summed E-state index contributed by atoms with van der Waals surface area (Å²) in [6.07, 6.45) is -2.94. The number of hydrogen-bond acceptors (Lipinski definition) is 4. The van der Waals surface area contributed by atoms with E-state index in [4.69, 9.17) is 5.73 Å². The lowest BCUT2D eigenvalue weighted by Gasteiger charge is -2.24. The molecule has 3 N–H and O–H groups in total. The monoisotopic (exact) mass is 349 g/mol. The lowest BCUT2D eigenvalue weighted by atomic mass is 10.1. The van der Waals surface area contributed by atoms with Gasteiger partial charge in [-0.25, -0.2) is 9.07 Å². The van der Waals surface area contributed by atoms with Crippen LogP contribution in [0, 0.1) is 0 Å². The number of halogens is 4. The summed E-state index contributed by atoms with van der Waals surface area (Å²) >= 11 is 0. The van der Waals surface area contributed by atoms with Crippen LogP contribution < -0.4 is 16.0 Å². The van der Waals surface area contributed by atoms with Crippen molar-refractivity contribution >= 4 is 17.4 Å². The maximum absolute atomic E-state index is 14.2. The smallest absolute Gasteiger partial charge is 0.394 e. The summed E-state index contributed by atoms with van der Waals surface area (Å²) in [6.45, 7) is 0.605. The zero-order valence-electron chi connectivity index (χ0n) is 12.9. The first kappa shape index (κ1) is 16.8. The molecule has 1 aromatic rings. The van der Waals surface area contributed by atoms with E-state index < -0.39 is 24.3 Å². The van der Waals surface area contributed by atoms with Crippen molar-refractivity contribution < 1.29 is 22.4 Å². The van der Waals surface area contributed by atoms with Gasteiger partial charge in [-0.15, -0.1) is 0 Å². The number of hydrogen-bond donors (Lipinski definition) is 2. The maximum atomic E-state index is 14.2. The van der Waals surface area contributed by atoms with Gasteiger partial charge in [0, 0.05) is 13.1 Å². The van der Waals surface area contributed by atoms with E-state index >= 15 is 0 Å². The van der Waals surface area contributed by atoms with Gasteiger partial charge in [-0.3, -0.25) is 4.79 Å². The molecule has 134 valence electrons. The summed E-state index contributed by atoms with van der Waals surface area (Å²) in [7, 11) is 0. The number of aromatic nitrogens is 2. The highest BCUT2D eigenvalue weighted by Gasteiger charge is 2.41. The summed E-state index contributed by atoms with van der Waals surface area (Å²) in [5.74, 6) is -1.42. The molecule has 1 saturated heterocycles. The molecule has 1 unspecified atom stereocenters. The van der Waals surface area contributed by atoms with E-state index in [9.17, 15) is 22.4 Å². The quantitative estimate of drug-likeness (QED) is 0.816. The van der Waals surface area contributed by atoms with Gasteiger partial charge in [-0.05, 0) is 25.7 Å². The molecule has 2 atom stereocenters. The summed E-state index contributed by atoms with van der Waals surface area (Å²) in [5, 5.41) is 6.00. The predicted octanol–water partition coefficient (Wildman–Crippen LogP) is 1.79. The largest absolute Gasteiger partial charge is 0.471 e. The number of amides is 1. The Labute approximate surface area is 136 Å². The van der Waals surface area contributed by atoms with Gasteiger partial charge in [0.15, 0.2) is 5.82 Å². The van der Waals surface area contributed by atoms with Gasteiger partial charge >= 0.3 is 12.1 Å². The average Bonchev–Trinajstić information content (AvgIpc) is 3.29. The molecule has 1 amide bonds. The SMILES string of the molecule is Nc1cnn(C2CC2)c1N1CCC(NC(=O)C(F)(F)F)[C@@H](F)CC1. The number of rotatable bonds is 3. The third kappa shape index (κ3) is 3.41. The molecule has 2 fully saturated rings. The fraction of sp³-hybridized carbons (Fsp3) is 0.714. The van der Waals surface area contributed by atoms with Gasteiger partial charge in [0.05, 0.1) is 24.0 Å². The average molecular weight is 349 g/mol. The van der Waals surface area contributed by atoms with Crippen molar-refractivity contribution in [1.29, 1.82) is 0 Å². The van der Waals surface area contributed by atoms with Crippen LogP contribution in [0.3, 0.4) is 0 Å². The first-order valence-corrected chi connectivity index (χ1v) is 7.87. The standard InChI is InChI=1S/C14H19F4N5O/c15-9-3-5-22(6-4-11(9)21-13(24)14(16,17)18)12-10(19)7-20-23(12)8-1-2-8/h7-9,11H,1-6,19H2,(H,21,24)/t9-,11?/m0/s1. The van der Waals surface area contributed by atoms with Crippen molar-refractivity contribution in [1.82, 2.24) is 15.1 Å². The van der Waals surface area contributed by atoms with E-state index in [1.54, 1.807) is 10.00 Å². The number of alkyl halides is 4. The Morgan fingerprint density at radius 3 is 2.54 bits per heavy atom. The molecular formula is C14H19F4N5O. The third-order valence-electron chi connectivity index (χ3n) is 4.38. The molecule has 1 aromatic heterocycles. The molecule has 1 aliphatic heterocycles. The van der Waals surface area contributed by atoms with E-state index in [0.717, 1.165) is 12.8 Å². The van der Waals surface area contributed by atoms with Gasteiger partial charge in [0.25, 0.3) is 0 Å².